The summed E-state index contributed by atoms with van der Waals surface area (Å²) in [5.74, 6) is -0.819. The van der Waals surface area contributed by atoms with Gasteiger partial charge in [0.2, 0.25) is 5.91 Å². The molecule has 1 aliphatic rings. The van der Waals surface area contributed by atoms with Crippen molar-refractivity contribution in [3.05, 3.63) is 0 Å². The maximum Gasteiger partial charge on any atom is 0.401 e. The van der Waals surface area contributed by atoms with Crippen LogP contribution < -0.4 is 16.4 Å². The van der Waals surface area contributed by atoms with Gasteiger partial charge in [-0.25, -0.2) is 4.79 Å². The molecule has 0 aliphatic carbocycles. The molecule has 6 nitrogen and oxygen atoms in total. The highest BCUT2D eigenvalue weighted by molar-refractivity contribution is 5.96. The lowest BCUT2D eigenvalue weighted by Gasteiger charge is -2.38. The van der Waals surface area contributed by atoms with E-state index in [0.29, 0.717) is 25.9 Å². The summed E-state index contributed by atoms with van der Waals surface area (Å²) in [6.45, 7) is 1.35. The lowest BCUT2D eigenvalue weighted by molar-refractivity contribution is -0.160. The van der Waals surface area contributed by atoms with Crippen LogP contribution in [0.25, 0.3) is 0 Å². The van der Waals surface area contributed by atoms with Crippen molar-refractivity contribution in [1.29, 1.82) is 0 Å². The van der Waals surface area contributed by atoms with Crippen molar-refractivity contribution < 1.29 is 22.8 Å². The topological polar surface area (TPSA) is 87.5 Å². The number of nitrogens with one attached hydrogen (secondary N) is 2. The van der Waals surface area contributed by atoms with Gasteiger partial charge < -0.3 is 11.1 Å². The van der Waals surface area contributed by atoms with Crippen LogP contribution in [-0.2, 0) is 4.79 Å². The van der Waals surface area contributed by atoms with Crippen molar-refractivity contribution in [1.82, 2.24) is 15.5 Å². The second kappa shape index (κ2) is 6.89. The van der Waals surface area contributed by atoms with E-state index in [9.17, 15) is 22.8 Å². The van der Waals surface area contributed by atoms with Gasteiger partial charge in [0, 0.05) is 6.04 Å². The van der Waals surface area contributed by atoms with Crippen LogP contribution in [-0.4, -0.2) is 54.7 Å². The molecule has 0 saturated carbocycles. The quantitative estimate of drug-likeness (QED) is 0.691. The molecule has 0 aromatic heterocycles. The molecule has 0 spiro atoms. The third-order valence-corrected chi connectivity index (χ3v) is 3.26. The number of nitrogens with two attached hydrogens (primary N) is 1. The highest BCUT2D eigenvalue weighted by Gasteiger charge is 2.38. The Bertz CT molecular complexity index is 356. The molecule has 1 fully saturated rings. The first-order chi connectivity index (χ1) is 9.20. The molecule has 0 aromatic carbocycles. The van der Waals surface area contributed by atoms with Crippen molar-refractivity contribution in [2.24, 2.45) is 5.73 Å². The SMILES string of the molecule is CC(C(=O)NC(N)=O)N(CC(F)(F)F)C1CCNCC1. The molecular weight excluding hydrogens is 277 g/mol. The van der Waals surface area contributed by atoms with Gasteiger partial charge in [-0.1, -0.05) is 0 Å². The van der Waals surface area contributed by atoms with Crippen LogP contribution in [0.4, 0.5) is 18.0 Å². The van der Waals surface area contributed by atoms with E-state index < -0.39 is 30.7 Å². The third kappa shape index (κ3) is 5.33. The number of nitrogens with zero attached hydrogens (tertiary/aromatic N) is 1. The molecule has 0 bridgehead atoms. The van der Waals surface area contributed by atoms with Gasteiger partial charge in [-0.2, -0.15) is 13.2 Å². The second-order valence-corrected chi connectivity index (χ2v) is 4.80. The minimum atomic E-state index is -4.41. The Kier molecular flexibility index (Phi) is 5.75. The number of urea groups is 1. The minimum Gasteiger partial charge on any atom is -0.351 e. The van der Waals surface area contributed by atoms with Gasteiger partial charge in [-0.3, -0.25) is 15.0 Å². The van der Waals surface area contributed by atoms with Crippen molar-refractivity contribution in [2.45, 2.75) is 38.0 Å². The van der Waals surface area contributed by atoms with E-state index in [1.165, 1.54) is 6.92 Å². The number of primary amides is 1. The molecule has 9 heteroatoms. The highest BCUT2D eigenvalue weighted by Crippen LogP contribution is 2.23. The zero-order valence-corrected chi connectivity index (χ0v) is 11.2. The normalized spacial score (nSPS) is 18.9. The summed E-state index contributed by atoms with van der Waals surface area (Å²) in [6.07, 6.45) is -3.37. The number of piperidine rings is 1. The monoisotopic (exact) mass is 296 g/mol. The maximum absolute atomic E-state index is 12.7. The van der Waals surface area contributed by atoms with Gasteiger partial charge in [-0.05, 0) is 32.9 Å². The van der Waals surface area contributed by atoms with E-state index in [0.717, 1.165) is 4.90 Å². The number of hydrogen-bond donors (Lipinski definition) is 3. The number of carbonyl (C=O) groups is 2. The first kappa shape index (κ1) is 16.7. The number of rotatable bonds is 4. The average molecular weight is 296 g/mol. The number of alkyl halides is 3. The Balaban J connectivity index is 2.79. The Morgan fingerprint density at radius 2 is 1.95 bits per heavy atom. The number of hydrogen-bond acceptors (Lipinski definition) is 4. The van der Waals surface area contributed by atoms with E-state index in [1.54, 1.807) is 0 Å². The standard InChI is InChI=1S/C11H19F3N4O2/c1-7(9(19)17-10(15)20)18(6-11(12,13)14)8-2-4-16-5-3-8/h7-8,16H,2-6H2,1H3,(H3,15,17,19,20). The predicted octanol–water partition coefficient (Wildman–Crippen LogP) is 0.186. The molecule has 20 heavy (non-hydrogen) atoms. The van der Waals surface area contributed by atoms with Gasteiger partial charge in [0.15, 0.2) is 0 Å². The van der Waals surface area contributed by atoms with E-state index in [4.69, 9.17) is 5.73 Å². The van der Waals surface area contributed by atoms with Crippen LogP contribution in [0.1, 0.15) is 19.8 Å². The molecule has 1 aliphatic heterocycles. The largest absolute Gasteiger partial charge is 0.401 e. The molecule has 1 unspecified atom stereocenters. The third-order valence-electron chi connectivity index (χ3n) is 3.26. The van der Waals surface area contributed by atoms with Gasteiger partial charge in [0.1, 0.15) is 0 Å². The van der Waals surface area contributed by atoms with Crippen molar-refractivity contribution in [3.63, 3.8) is 0 Å². The fourth-order valence-electron chi connectivity index (χ4n) is 2.30. The first-order valence-electron chi connectivity index (χ1n) is 6.34. The fraction of sp³-hybridized carbons (Fsp3) is 0.818. The lowest BCUT2D eigenvalue weighted by atomic mass is 10.0. The molecule has 1 atom stereocenters. The van der Waals surface area contributed by atoms with Gasteiger partial charge in [0.05, 0.1) is 12.6 Å². The molecule has 116 valence electrons. The van der Waals surface area contributed by atoms with Gasteiger partial charge in [0.25, 0.3) is 0 Å². The van der Waals surface area contributed by atoms with Crippen LogP contribution in [0.15, 0.2) is 0 Å². The molecule has 0 radical (unpaired) electrons. The number of imide groups is 1. The van der Waals surface area contributed by atoms with Crippen LogP contribution >= 0.6 is 0 Å². The van der Waals surface area contributed by atoms with Crippen LogP contribution in [0.2, 0.25) is 0 Å². The van der Waals surface area contributed by atoms with Gasteiger partial charge in [-0.15, -0.1) is 0 Å². The van der Waals surface area contributed by atoms with Crippen LogP contribution in [0.3, 0.4) is 0 Å². The van der Waals surface area contributed by atoms with Crippen LogP contribution in [0.5, 0.6) is 0 Å². The summed E-state index contributed by atoms with van der Waals surface area (Å²) >= 11 is 0. The molecular formula is C11H19F3N4O2. The van der Waals surface area contributed by atoms with E-state index in [-0.39, 0.29) is 6.04 Å². The van der Waals surface area contributed by atoms with E-state index >= 15 is 0 Å². The predicted molar refractivity (Wildman–Crippen MR) is 65.8 cm³/mol. The number of amides is 3. The molecule has 1 saturated heterocycles. The minimum absolute atomic E-state index is 0.355. The smallest absolute Gasteiger partial charge is 0.351 e. The average Bonchev–Trinajstić information content (AvgIpc) is 2.34. The summed E-state index contributed by atoms with van der Waals surface area (Å²) in [4.78, 5) is 23.4. The van der Waals surface area contributed by atoms with Gasteiger partial charge >= 0.3 is 12.2 Å². The number of carbonyl (C=O) groups excluding carboxylic acids is 2. The maximum atomic E-state index is 12.7. The van der Waals surface area contributed by atoms with E-state index in [1.807, 2.05) is 5.32 Å². The molecule has 1 rings (SSSR count). The van der Waals surface area contributed by atoms with Crippen molar-refractivity contribution in [2.75, 3.05) is 19.6 Å². The van der Waals surface area contributed by atoms with Crippen molar-refractivity contribution in [3.8, 4) is 0 Å². The summed E-state index contributed by atoms with van der Waals surface area (Å²) < 4.78 is 38.0. The molecule has 4 N–H and O–H groups in total. The summed E-state index contributed by atoms with van der Waals surface area (Å²) in [6, 6.07) is -2.50. The highest BCUT2D eigenvalue weighted by atomic mass is 19.4. The first-order valence-corrected chi connectivity index (χ1v) is 6.34. The Morgan fingerprint density at radius 1 is 1.40 bits per heavy atom. The van der Waals surface area contributed by atoms with E-state index in [2.05, 4.69) is 5.32 Å². The molecule has 1 heterocycles. The zero-order chi connectivity index (χ0) is 15.3. The zero-order valence-electron chi connectivity index (χ0n) is 11.2. The summed E-state index contributed by atoms with van der Waals surface area (Å²) in [5, 5.41) is 4.87. The number of halogens is 3. The summed E-state index contributed by atoms with van der Waals surface area (Å²) in [7, 11) is 0. The Morgan fingerprint density at radius 3 is 2.40 bits per heavy atom. The Hall–Kier alpha value is -1.35. The lowest BCUT2D eigenvalue weighted by Crippen LogP contribution is -2.56. The fourth-order valence-corrected chi connectivity index (χ4v) is 2.30. The molecule has 0 aromatic rings. The summed E-state index contributed by atoms with van der Waals surface area (Å²) in [5.41, 5.74) is 4.82. The van der Waals surface area contributed by atoms with Crippen molar-refractivity contribution >= 4 is 11.9 Å². The molecule has 3 amide bonds. The second-order valence-electron chi connectivity index (χ2n) is 4.80. The van der Waals surface area contributed by atoms with Crippen LogP contribution in [0, 0.1) is 0 Å². The Labute approximate surface area is 114 Å².